The summed E-state index contributed by atoms with van der Waals surface area (Å²) in [6, 6.07) is 21.8. The summed E-state index contributed by atoms with van der Waals surface area (Å²) in [7, 11) is -0.754. The van der Waals surface area contributed by atoms with Gasteiger partial charge in [-0.3, -0.25) is 25.0 Å². The lowest BCUT2D eigenvalue weighted by atomic mass is 9.94. The van der Waals surface area contributed by atoms with Gasteiger partial charge in [0.05, 0.1) is 26.1 Å². The van der Waals surface area contributed by atoms with E-state index in [4.69, 9.17) is 4.74 Å². The maximum Gasteiger partial charge on any atom is 0.293 e. The molecule has 1 aliphatic heterocycles. The molecule has 0 radical (unpaired) electrons. The van der Waals surface area contributed by atoms with Gasteiger partial charge in [-0.2, -0.15) is 0 Å². The number of aromatic nitrogens is 2. The minimum absolute atomic E-state index is 0.0945. The third kappa shape index (κ3) is 9.39. The number of anilines is 3. The van der Waals surface area contributed by atoms with Crippen LogP contribution < -0.4 is 25.0 Å². The Labute approximate surface area is 340 Å². The Bertz CT molecular complexity index is 2600. The van der Waals surface area contributed by atoms with Crippen molar-refractivity contribution in [3.05, 3.63) is 129 Å². The number of rotatable bonds is 15. The lowest BCUT2D eigenvalue weighted by Crippen LogP contribution is -2.33. The number of nitrogens with one attached hydrogen (secondary N) is 3. The molecule has 2 amide bonds. The van der Waals surface area contributed by atoms with E-state index in [1.807, 2.05) is 52.9 Å². The number of amides is 2. The summed E-state index contributed by atoms with van der Waals surface area (Å²) >= 11 is 2.30. The largest absolute Gasteiger partial charge is 0.491 e. The van der Waals surface area contributed by atoms with Crippen molar-refractivity contribution >= 4 is 76.4 Å². The van der Waals surface area contributed by atoms with Crippen LogP contribution in [0.2, 0.25) is 0 Å². The molecule has 0 saturated heterocycles. The number of nitro groups is 1. The topological polar surface area (TPSA) is 189 Å². The molecule has 0 fully saturated rings. The molecule has 3 N–H and O–H groups in total. The summed E-state index contributed by atoms with van der Waals surface area (Å²) < 4.78 is 49.0. The predicted molar refractivity (Wildman–Crippen MR) is 221 cm³/mol. The lowest BCUT2D eigenvalue weighted by molar-refractivity contribution is -0.384. The van der Waals surface area contributed by atoms with E-state index in [-0.39, 0.29) is 36.5 Å². The molecule has 0 saturated carbocycles. The van der Waals surface area contributed by atoms with E-state index in [0.29, 0.717) is 57.7 Å². The van der Waals surface area contributed by atoms with E-state index in [1.165, 1.54) is 29.6 Å². The van der Waals surface area contributed by atoms with Crippen LogP contribution >= 0.6 is 22.7 Å². The maximum absolute atomic E-state index is 13.7. The first-order chi connectivity index (χ1) is 27.8. The highest BCUT2D eigenvalue weighted by Gasteiger charge is 2.28. The first kappa shape index (κ1) is 40.2. The molecule has 15 nitrogen and oxygen atoms in total. The Balaban J connectivity index is 1.02. The van der Waals surface area contributed by atoms with Crippen LogP contribution in [0.15, 0.2) is 95.2 Å². The molecule has 19 heteroatoms. The lowest BCUT2D eigenvalue weighted by Gasteiger charge is -2.29. The Morgan fingerprint density at radius 2 is 1.84 bits per heavy atom. The summed E-state index contributed by atoms with van der Waals surface area (Å²) in [5, 5.41) is 20.3. The van der Waals surface area contributed by atoms with Crippen LogP contribution in [0.4, 0.5) is 26.0 Å². The van der Waals surface area contributed by atoms with Crippen molar-refractivity contribution in [2.45, 2.75) is 30.3 Å². The first-order valence-electron chi connectivity index (χ1n) is 18.0. The molecule has 6 aromatic rings. The van der Waals surface area contributed by atoms with Gasteiger partial charge in [-0.25, -0.2) is 27.5 Å². The highest BCUT2D eigenvalue weighted by atomic mass is 32.2. The Kier molecular flexibility index (Phi) is 11.9. The Hall–Kier alpha value is -6.02. The van der Waals surface area contributed by atoms with Crippen molar-refractivity contribution in [1.29, 1.82) is 0 Å². The molecule has 58 heavy (non-hydrogen) atoms. The fourth-order valence-electron chi connectivity index (χ4n) is 6.32. The summed E-state index contributed by atoms with van der Waals surface area (Å²) in [5.41, 5.74) is 2.16. The van der Waals surface area contributed by atoms with Gasteiger partial charge in [-0.15, -0.1) is 11.3 Å². The number of nitro benzene ring substituents is 1. The molecule has 0 unspecified atom stereocenters. The molecule has 1 aliphatic rings. The number of fused-ring (bicyclic) bond motifs is 2. The van der Waals surface area contributed by atoms with Crippen LogP contribution in [0.1, 0.15) is 38.4 Å². The highest BCUT2D eigenvalue weighted by molar-refractivity contribution is 7.90. The van der Waals surface area contributed by atoms with E-state index in [2.05, 4.69) is 20.6 Å². The Morgan fingerprint density at radius 1 is 1.03 bits per heavy atom. The van der Waals surface area contributed by atoms with Gasteiger partial charge in [0.25, 0.3) is 27.5 Å². The number of carbonyl (C=O) groups is 2. The number of hydrogen-bond acceptors (Lipinski definition) is 14. The van der Waals surface area contributed by atoms with Crippen LogP contribution in [-0.2, 0) is 23.0 Å². The van der Waals surface area contributed by atoms with Crippen molar-refractivity contribution < 1.29 is 32.1 Å². The second-order valence-corrected chi connectivity index (χ2v) is 17.2. The molecule has 2 aromatic heterocycles. The van der Waals surface area contributed by atoms with Crippen LogP contribution in [0.3, 0.4) is 0 Å². The SMILES string of the molecule is CN(C)CC[C@H](COc1ccccc1)Nc1ccc(S(=O)(=O)NC(=O)c2csc(N3CCc4cccc(C(=O)Nc5nc6ccc(F)cc6s5)c4C3)n2)cc1[N+](=O)[O-]. The highest BCUT2D eigenvalue weighted by Crippen LogP contribution is 2.32. The van der Waals surface area contributed by atoms with Crippen LogP contribution in [-0.4, -0.2) is 79.9 Å². The number of halogens is 1. The molecule has 300 valence electrons. The second-order valence-electron chi connectivity index (χ2n) is 13.6. The van der Waals surface area contributed by atoms with Gasteiger partial charge in [-0.1, -0.05) is 41.7 Å². The number of carbonyl (C=O) groups excluding carboxylic acids is 2. The average Bonchev–Trinajstić information content (AvgIpc) is 3.86. The van der Waals surface area contributed by atoms with Crippen LogP contribution in [0, 0.1) is 15.9 Å². The zero-order chi connectivity index (χ0) is 41.0. The maximum atomic E-state index is 13.7. The zero-order valence-electron chi connectivity index (χ0n) is 31.2. The first-order valence-corrected chi connectivity index (χ1v) is 21.1. The smallest absolute Gasteiger partial charge is 0.293 e. The normalized spacial score (nSPS) is 13.2. The number of ether oxygens (including phenoxy) is 1. The molecule has 3 heterocycles. The van der Waals surface area contributed by atoms with Crippen molar-refractivity contribution in [3.63, 3.8) is 0 Å². The predicted octanol–water partition coefficient (Wildman–Crippen LogP) is 6.55. The molecular weight excluding hydrogens is 808 g/mol. The van der Waals surface area contributed by atoms with Crippen molar-refractivity contribution in [3.8, 4) is 5.75 Å². The van der Waals surface area contributed by atoms with Gasteiger partial charge < -0.3 is 19.9 Å². The van der Waals surface area contributed by atoms with E-state index in [0.717, 1.165) is 39.9 Å². The summed E-state index contributed by atoms with van der Waals surface area (Å²) in [5.74, 6) is -1.15. The third-order valence-electron chi connectivity index (χ3n) is 9.27. The average molecular weight is 845 g/mol. The monoisotopic (exact) mass is 844 g/mol. The molecule has 0 bridgehead atoms. The molecular formula is C39H37FN8O7S3. The van der Waals surface area contributed by atoms with Gasteiger partial charge >= 0.3 is 0 Å². The molecule has 4 aromatic carbocycles. The minimum atomic E-state index is -4.56. The fourth-order valence-corrected chi connectivity index (χ4v) is 9.02. The summed E-state index contributed by atoms with van der Waals surface area (Å²) in [4.78, 5) is 50.4. The number of nitrogens with zero attached hydrogens (tertiary/aromatic N) is 5. The molecule has 1 atom stereocenters. The molecule has 0 aliphatic carbocycles. The number of hydrogen-bond donors (Lipinski definition) is 3. The van der Waals surface area contributed by atoms with Crippen molar-refractivity contribution in [2.24, 2.45) is 0 Å². The fraction of sp³-hybridized carbons (Fsp3) is 0.231. The Morgan fingerprint density at radius 3 is 2.62 bits per heavy atom. The number of para-hydroxylation sites is 1. The van der Waals surface area contributed by atoms with E-state index < -0.39 is 37.3 Å². The summed E-state index contributed by atoms with van der Waals surface area (Å²) in [6.45, 7) is 1.65. The summed E-state index contributed by atoms with van der Waals surface area (Å²) in [6.07, 6.45) is 1.14. The van der Waals surface area contributed by atoms with Gasteiger partial charge in [0.2, 0.25) is 0 Å². The van der Waals surface area contributed by atoms with Gasteiger partial charge in [0.1, 0.15) is 29.6 Å². The van der Waals surface area contributed by atoms with Gasteiger partial charge in [0.15, 0.2) is 10.3 Å². The second kappa shape index (κ2) is 17.2. The van der Waals surface area contributed by atoms with Crippen LogP contribution in [0.25, 0.3) is 10.2 Å². The van der Waals surface area contributed by atoms with Gasteiger partial charge in [-0.05, 0) is 93.1 Å². The van der Waals surface area contributed by atoms with Gasteiger partial charge in [0, 0.05) is 30.1 Å². The number of benzene rings is 4. The standard InChI is InChI=1S/C39H37FN8O7S3/c1-46(2)17-16-26(22-55-27-8-4-3-5-9-27)41-31-14-12-28(20-34(31)48(51)52)58(53,54)45-37(50)33-23-56-39(43-33)47-18-15-24-7-6-10-29(30(24)21-47)36(49)44-38-42-32-13-11-25(40)19-35(32)57-38/h3-14,19-20,23,26,41H,15-18,21-22H2,1-2H3,(H,45,50)(H,42,44,49)/t26-/m1/s1. The minimum Gasteiger partial charge on any atom is -0.491 e. The van der Waals surface area contributed by atoms with Crippen LogP contribution in [0.5, 0.6) is 5.75 Å². The number of thiazole rings is 2. The van der Waals surface area contributed by atoms with Crippen molar-refractivity contribution in [2.75, 3.05) is 49.3 Å². The molecule has 0 spiro atoms. The van der Waals surface area contributed by atoms with Crippen molar-refractivity contribution in [1.82, 2.24) is 19.6 Å². The van der Waals surface area contributed by atoms with E-state index in [1.54, 1.807) is 30.3 Å². The number of sulfonamides is 1. The quantitative estimate of drug-likeness (QED) is 0.0749. The molecule has 7 rings (SSSR count). The van der Waals surface area contributed by atoms with E-state index in [9.17, 15) is 32.5 Å². The van der Waals surface area contributed by atoms with E-state index >= 15 is 0 Å². The zero-order valence-corrected chi connectivity index (χ0v) is 33.6. The third-order valence-corrected chi connectivity index (χ3v) is 12.4.